The Labute approximate surface area is 125 Å². The van der Waals surface area contributed by atoms with E-state index in [0.29, 0.717) is 31.6 Å². The van der Waals surface area contributed by atoms with Crippen molar-refractivity contribution >= 4 is 11.8 Å². The molecule has 116 valence electrons. The summed E-state index contributed by atoms with van der Waals surface area (Å²) in [7, 11) is 3.91. The number of likely N-dealkylation sites (N-methyl/N-ethyl adjacent to an activating group) is 1. The Morgan fingerprint density at radius 2 is 2.00 bits per heavy atom. The molecule has 0 aliphatic carbocycles. The lowest BCUT2D eigenvalue weighted by atomic mass is 10.1. The molecule has 0 aromatic heterocycles. The number of hydrogen-bond acceptors (Lipinski definition) is 4. The summed E-state index contributed by atoms with van der Waals surface area (Å²) in [6.45, 7) is 2.13. The molecule has 0 bridgehead atoms. The molecule has 1 aromatic rings. The van der Waals surface area contributed by atoms with Gasteiger partial charge in [0.15, 0.2) is 0 Å². The first-order chi connectivity index (χ1) is 10.0. The van der Waals surface area contributed by atoms with Crippen molar-refractivity contribution in [3.63, 3.8) is 0 Å². The summed E-state index contributed by atoms with van der Waals surface area (Å²) in [5.41, 5.74) is 6.80. The number of nitrogens with zero attached hydrogens (tertiary/aromatic N) is 1. The summed E-state index contributed by atoms with van der Waals surface area (Å²) in [6.07, 6.45) is 0.310. The maximum absolute atomic E-state index is 12.0. The van der Waals surface area contributed by atoms with Crippen molar-refractivity contribution in [2.75, 3.05) is 33.7 Å². The van der Waals surface area contributed by atoms with E-state index in [2.05, 4.69) is 10.6 Å². The highest BCUT2D eigenvalue weighted by Crippen LogP contribution is 2.05. The van der Waals surface area contributed by atoms with Gasteiger partial charge in [0, 0.05) is 38.2 Å². The average molecular weight is 292 g/mol. The maximum atomic E-state index is 12.0. The lowest BCUT2D eigenvalue weighted by Crippen LogP contribution is -2.31. The number of rotatable bonds is 8. The van der Waals surface area contributed by atoms with E-state index in [0.717, 1.165) is 12.1 Å². The zero-order valence-electron chi connectivity index (χ0n) is 12.7. The van der Waals surface area contributed by atoms with Crippen molar-refractivity contribution in [2.45, 2.75) is 13.0 Å². The molecule has 21 heavy (non-hydrogen) atoms. The van der Waals surface area contributed by atoms with Gasteiger partial charge in [-0.25, -0.2) is 0 Å². The predicted molar refractivity (Wildman–Crippen MR) is 82.8 cm³/mol. The number of benzene rings is 1. The number of nitrogens with one attached hydrogen (secondary N) is 2. The Kier molecular flexibility index (Phi) is 7.42. The van der Waals surface area contributed by atoms with Gasteiger partial charge in [0.25, 0.3) is 5.91 Å². The Morgan fingerprint density at radius 3 is 2.67 bits per heavy atom. The van der Waals surface area contributed by atoms with Gasteiger partial charge >= 0.3 is 0 Å². The zero-order chi connectivity index (χ0) is 15.7. The van der Waals surface area contributed by atoms with E-state index >= 15 is 0 Å². The molecule has 0 aliphatic rings. The third-order valence-corrected chi connectivity index (χ3v) is 2.89. The fourth-order valence-electron chi connectivity index (χ4n) is 1.74. The van der Waals surface area contributed by atoms with Crippen LogP contribution in [0.25, 0.3) is 0 Å². The number of nitrogens with two attached hydrogens (primary N) is 1. The van der Waals surface area contributed by atoms with Crippen LogP contribution in [0.4, 0.5) is 0 Å². The first kappa shape index (κ1) is 17.1. The highest BCUT2D eigenvalue weighted by atomic mass is 16.2. The molecular weight excluding hydrogens is 268 g/mol. The molecule has 0 unspecified atom stereocenters. The third-order valence-electron chi connectivity index (χ3n) is 2.89. The van der Waals surface area contributed by atoms with E-state index < -0.39 is 0 Å². The average Bonchev–Trinajstić information content (AvgIpc) is 2.45. The van der Waals surface area contributed by atoms with Crippen LogP contribution in [0.3, 0.4) is 0 Å². The number of amides is 2. The molecule has 1 aromatic carbocycles. The van der Waals surface area contributed by atoms with Crippen molar-refractivity contribution in [3.05, 3.63) is 35.4 Å². The molecule has 4 N–H and O–H groups in total. The SMILES string of the molecule is CN(C)CCNC(=O)c1cccc(CNC(=O)CCN)c1. The second-order valence-electron chi connectivity index (χ2n) is 5.07. The Bertz CT molecular complexity index is 474. The van der Waals surface area contributed by atoms with Gasteiger partial charge in [-0.15, -0.1) is 0 Å². The van der Waals surface area contributed by atoms with Crippen LogP contribution in [-0.4, -0.2) is 50.4 Å². The van der Waals surface area contributed by atoms with Crippen LogP contribution in [0.1, 0.15) is 22.3 Å². The fourth-order valence-corrected chi connectivity index (χ4v) is 1.74. The molecule has 0 aliphatic heterocycles. The summed E-state index contributed by atoms with van der Waals surface area (Å²) in [4.78, 5) is 25.4. The molecule has 0 radical (unpaired) electrons. The number of hydrogen-bond donors (Lipinski definition) is 3. The van der Waals surface area contributed by atoms with Crippen LogP contribution >= 0.6 is 0 Å². The van der Waals surface area contributed by atoms with Gasteiger partial charge in [0.05, 0.1) is 0 Å². The number of carbonyl (C=O) groups is 2. The van der Waals surface area contributed by atoms with Gasteiger partial charge in [0.1, 0.15) is 0 Å². The van der Waals surface area contributed by atoms with E-state index in [1.165, 1.54) is 0 Å². The maximum Gasteiger partial charge on any atom is 0.251 e. The standard InChI is InChI=1S/C15H24N4O2/c1-19(2)9-8-17-15(21)13-5-3-4-12(10-13)11-18-14(20)6-7-16/h3-5,10H,6-9,11,16H2,1-2H3,(H,17,21)(H,18,20). The second-order valence-corrected chi connectivity index (χ2v) is 5.07. The molecule has 0 spiro atoms. The van der Waals surface area contributed by atoms with Crippen molar-refractivity contribution < 1.29 is 9.59 Å². The molecular formula is C15H24N4O2. The van der Waals surface area contributed by atoms with Gasteiger partial charge in [-0.05, 0) is 31.8 Å². The predicted octanol–water partition coefficient (Wildman–Crippen LogP) is -0.0570. The normalized spacial score (nSPS) is 10.5. The van der Waals surface area contributed by atoms with Crippen LogP contribution < -0.4 is 16.4 Å². The summed E-state index contributed by atoms with van der Waals surface area (Å²) in [5.74, 6) is -0.190. The van der Waals surface area contributed by atoms with E-state index in [4.69, 9.17) is 5.73 Å². The van der Waals surface area contributed by atoms with E-state index in [1.807, 2.05) is 31.1 Å². The molecule has 0 fully saturated rings. The minimum absolute atomic E-state index is 0.0849. The van der Waals surface area contributed by atoms with E-state index in [9.17, 15) is 9.59 Å². The third kappa shape index (κ3) is 6.87. The zero-order valence-corrected chi connectivity index (χ0v) is 12.7. The van der Waals surface area contributed by atoms with Gasteiger partial charge in [0.2, 0.25) is 5.91 Å². The molecule has 6 nitrogen and oxygen atoms in total. The fraction of sp³-hybridized carbons (Fsp3) is 0.467. The molecule has 0 saturated carbocycles. The topological polar surface area (TPSA) is 87.5 Å². The van der Waals surface area contributed by atoms with Gasteiger partial charge in [-0.1, -0.05) is 12.1 Å². The summed E-state index contributed by atoms with van der Waals surface area (Å²) in [5, 5.41) is 5.63. The first-order valence-electron chi connectivity index (χ1n) is 7.01. The van der Waals surface area contributed by atoms with Crippen molar-refractivity contribution in [1.29, 1.82) is 0 Å². The Hall–Kier alpha value is -1.92. The monoisotopic (exact) mass is 292 g/mol. The minimum Gasteiger partial charge on any atom is -0.352 e. The highest BCUT2D eigenvalue weighted by molar-refractivity contribution is 5.94. The second kappa shape index (κ2) is 9.10. The summed E-state index contributed by atoms with van der Waals surface area (Å²) < 4.78 is 0. The van der Waals surface area contributed by atoms with Crippen LogP contribution in [0.2, 0.25) is 0 Å². The van der Waals surface area contributed by atoms with Crippen molar-refractivity contribution in [2.24, 2.45) is 5.73 Å². The summed E-state index contributed by atoms with van der Waals surface area (Å²) in [6, 6.07) is 7.23. The van der Waals surface area contributed by atoms with Gasteiger partial charge in [-0.2, -0.15) is 0 Å². The molecule has 1 rings (SSSR count). The molecule has 2 amide bonds. The number of carbonyl (C=O) groups excluding carboxylic acids is 2. The van der Waals surface area contributed by atoms with Crippen molar-refractivity contribution in [3.8, 4) is 0 Å². The lowest BCUT2D eigenvalue weighted by molar-refractivity contribution is -0.121. The van der Waals surface area contributed by atoms with Crippen LogP contribution in [-0.2, 0) is 11.3 Å². The van der Waals surface area contributed by atoms with Gasteiger partial charge < -0.3 is 21.3 Å². The smallest absolute Gasteiger partial charge is 0.251 e. The minimum atomic E-state index is -0.105. The van der Waals surface area contributed by atoms with Crippen molar-refractivity contribution in [1.82, 2.24) is 15.5 Å². The Balaban J connectivity index is 2.51. The Morgan fingerprint density at radius 1 is 1.24 bits per heavy atom. The largest absolute Gasteiger partial charge is 0.352 e. The first-order valence-corrected chi connectivity index (χ1v) is 7.01. The van der Waals surface area contributed by atoms with E-state index in [1.54, 1.807) is 12.1 Å². The van der Waals surface area contributed by atoms with Crippen LogP contribution in [0.5, 0.6) is 0 Å². The molecule has 0 saturated heterocycles. The lowest BCUT2D eigenvalue weighted by Gasteiger charge is -2.11. The van der Waals surface area contributed by atoms with Gasteiger partial charge in [-0.3, -0.25) is 9.59 Å². The van der Waals surface area contributed by atoms with Crippen LogP contribution in [0.15, 0.2) is 24.3 Å². The molecule has 6 heteroatoms. The molecule has 0 heterocycles. The van der Waals surface area contributed by atoms with Crippen LogP contribution in [0, 0.1) is 0 Å². The molecule has 0 atom stereocenters. The summed E-state index contributed by atoms with van der Waals surface area (Å²) >= 11 is 0. The van der Waals surface area contributed by atoms with E-state index in [-0.39, 0.29) is 11.8 Å². The quantitative estimate of drug-likeness (QED) is 0.626. The highest BCUT2D eigenvalue weighted by Gasteiger charge is 2.06.